The van der Waals surface area contributed by atoms with Crippen molar-refractivity contribution < 1.29 is 18.2 Å². The number of hydrogen-bond donors (Lipinski definition) is 1. The zero-order valence-electron chi connectivity index (χ0n) is 16.4. The Morgan fingerprint density at radius 2 is 2.21 bits per heavy atom. The Hall–Kier alpha value is -1.63. The van der Waals surface area contributed by atoms with Crippen LogP contribution in [0.2, 0.25) is 0 Å². The van der Waals surface area contributed by atoms with Gasteiger partial charge in [-0.25, -0.2) is 20.4 Å². The monoisotopic (exact) mass is 416 g/mol. The van der Waals surface area contributed by atoms with Crippen LogP contribution in [-0.4, -0.2) is 58.8 Å². The van der Waals surface area contributed by atoms with E-state index in [1.54, 1.807) is 0 Å². The normalized spacial score (nSPS) is 25.9. The van der Waals surface area contributed by atoms with E-state index in [1.807, 2.05) is 32.5 Å². The Kier molecular flexibility index (Phi) is 8.28. The second kappa shape index (κ2) is 10.2. The number of H-pyrrole nitrogens is 1. The molecule has 0 amide bonds. The van der Waals surface area contributed by atoms with Crippen molar-refractivity contribution in [2.24, 2.45) is 0 Å². The van der Waals surface area contributed by atoms with E-state index < -0.39 is 44.4 Å². The van der Waals surface area contributed by atoms with E-state index in [0.717, 1.165) is 10.6 Å². The number of alkyl halides is 1. The van der Waals surface area contributed by atoms with Gasteiger partial charge >= 0.3 is 5.69 Å². The van der Waals surface area contributed by atoms with Crippen molar-refractivity contribution in [3.05, 3.63) is 44.5 Å². The maximum absolute atomic E-state index is 15.3. The number of halogens is 1. The predicted molar refractivity (Wildman–Crippen MR) is 103 cm³/mol. The topological polar surface area (TPSA) is 90.1 Å². The molecule has 5 atom stereocenters. The molecule has 0 radical (unpaired) electrons. The summed E-state index contributed by atoms with van der Waals surface area (Å²) in [5.74, 6) is 0. The zero-order chi connectivity index (χ0) is 20.8. The second-order valence-electron chi connectivity index (χ2n) is 6.63. The van der Waals surface area contributed by atoms with E-state index in [1.165, 1.54) is 6.20 Å². The number of nitrogens with one attached hydrogen (secondary N) is 1. The summed E-state index contributed by atoms with van der Waals surface area (Å²) in [5.41, 5.74) is -1.31. The molecule has 0 bridgehead atoms. The van der Waals surface area contributed by atoms with E-state index in [2.05, 4.69) is 9.83 Å². The fraction of sp³-hybridized carbons (Fsp3) is 0.706. The lowest BCUT2D eigenvalue weighted by Crippen LogP contribution is -2.37. The van der Waals surface area contributed by atoms with Crippen molar-refractivity contribution in [1.82, 2.24) is 14.2 Å². The van der Waals surface area contributed by atoms with E-state index in [-0.39, 0.29) is 19.2 Å². The molecule has 156 valence electrons. The van der Waals surface area contributed by atoms with E-state index >= 15 is 4.39 Å². The third-order valence-electron chi connectivity index (χ3n) is 4.42. The first kappa shape index (κ1) is 22.7. The Morgan fingerprint density at radius 1 is 1.50 bits per heavy atom. The number of ether oxygens (including phenoxy) is 1. The van der Waals surface area contributed by atoms with Gasteiger partial charge in [0.1, 0.15) is 12.7 Å². The Labute approximate surface area is 164 Å². The van der Waals surface area contributed by atoms with Crippen LogP contribution in [-0.2, 0) is 13.8 Å². The molecule has 1 fully saturated rings. The summed E-state index contributed by atoms with van der Waals surface area (Å²) in [7, 11) is 0.189. The minimum atomic E-state index is -1.64. The molecule has 1 N–H and O–H groups in total. The van der Waals surface area contributed by atoms with Gasteiger partial charge in [0.15, 0.2) is 12.4 Å². The van der Waals surface area contributed by atoms with Gasteiger partial charge in [-0.05, 0) is 27.3 Å². The van der Waals surface area contributed by atoms with E-state index in [9.17, 15) is 9.59 Å². The van der Waals surface area contributed by atoms with Crippen LogP contribution in [0.3, 0.4) is 0 Å². The second-order valence-corrected chi connectivity index (χ2v) is 8.20. The van der Waals surface area contributed by atoms with Gasteiger partial charge in [-0.2, -0.15) is 0 Å². The Bertz CT molecular complexity index is 795. The summed E-state index contributed by atoms with van der Waals surface area (Å²) in [6, 6.07) is 1.22. The molecule has 2 heterocycles. The summed E-state index contributed by atoms with van der Waals surface area (Å²) in [6.07, 6.45) is -2.70. The fourth-order valence-electron chi connectivity index (χ4n) is 2.65. The molecule has 11 heteroatoms. The summed E-state index contributed by atoms with van der Waals surface area (Å²) in [6.45, 7) is 13.0. The Morgan fingerprint density at radius 3 is 2.79 bits per heavy atom. The lowest BCUT2D eigenvalue weighted by atomic mass is 10.1. The van der Waals surface area contributed by atoms with E-state index in [4.69, 9.17) is 20.4 Å². The van der Waals surface area contributed by atoms with Crippen LogP contribution in [0.4, 0.5) is 4.39 Å². The van der Waals surface area contributed by atoms with Gasteiger partial charge in [-0.1, -0.05) is 6.92 Å². The van der Waals surface area contributed by atoms with Gasteiger partial charge in [-0.3, -0.25) is 14.3 Å². The molecule has 9 nitrogen and oxygen atoms in total. The fourth-order valence-corrected chi connectivity index (χ4v) is 4.12. The van der Waals surface area contributed by atoms with Crippen LogP contribution < -0.4 is 11.2 Å². The molecule has 1 aromatic heterocycles. The first-order valence-corrected chi connectivity index (χ1v) is 10.2. The first-order valence-electron chi connectivity index (χ1n) is 9.06. The maximum atomic E-state index is 15.3. The molecular formula is C17H26FN4O5P. The molecule has 1 aliphatic heterocycles. The summed E-state index contributed by atoms with van der Waals surface area (Å²) >= 11 is 0. The summed E-state index contributed by atoms with van der Waals surface area (Å²) in [5, 5.41) is 0. The van der Waals surface area contributed by atoms with Crippen molar-refractivity contribution in [3.63, 3.8) is 0 Å². The molecule has 5 unspecified atom stereocenters. The SMILES string of the molecule is [C-]#[N+]CCOP(OC1C(CC)OC(n2ccc(=O)[nH]c2=O)C1F)N(C)C(C)C. The molecule has 28 heavy (non-hydrogen) atoms. The quantitative estimate of drug-likeness (QED) is 0.377. The van der Waals surface area contributed by atoms with Crippen molar-refractivity contribution in [1.29, 1.82) is 0 Å². The third kappa shape index (κ3) is 5.25. The highest BCUT2D eigenvalue weighted by Crippen LogP contribution is 2.48. The average Bonchev–Trinajstić information content (AvgIpc) is 2.96. The lowest BCUT2D eigenvalue weighted by Gasteiger charge is -2.32. The van der Waals surface area contributed by atoms with Gasteiger partial charge < -0.3 is 18.6 Å². The van der Waals surface area contributed by atoms with Gasteiger partial charge in [-0.15, -0.1) is 0 Å². The maximum Gasteiger partial charge on any atom is 0.330 e. The van der Waals surface area contributed by atoms with Gasteiger partial charge in [0, 0.05) is 18.3 Å². The number of aromatic amines is 1. The molecule has 2 rings (SSSR count). The molecule has 1 saturated heterocycles. The molecule has 1 aliphatic rings. The van der Waals surface area contributed by atoms with Gasteiger partial charge in [0.05, 0.1) is 6.10 Å². The van der Waals surface area contributed by atoms with Crippen molar-refractivity contribution >= 4 is 8.53 Å². The molecule has 1 aromatic rings. The summed E-state index contributed by atoms with van der Waals surface area (Å²) in [4.78, 5) is 28.6. The molecule has 0 spiro atoms. The van der Waals surface area contributed by atoms with Crippen molar-refractivity contribution in [3.8, 4) is 0 Å². The van der Waals surface area contributed by atoms with Crippen LogP contribution in [0.1, 0.15) is 33.4 Å². The smallest absolute Gasteiger partial charge is 0.330 e. The number of hydrogen-bond acceptors (Lipinski definition) is 6. The van der Waals surface area contributed by atoms with Crippen molar-refractivity contribution in [2.75, 3.05) is 20.2 Å². The zero-order valence-corrected chi connectivity index (χ0v) is 17.3. The van der Waals surface area contributed by atoms with Gasteiger partial charge in [0.2, 0.25) is 6.54 Å². The van der Waals surface area contributed by atoms with Crippen LogP contribution in [0.25, 0.3) is 4.85 Å². The number of rotatable bonds is 9. The van der Waals surface area contributed by atoms with Crippen LogP contribution in [0.5, 0.6) is 0 Å². The number of aromatic nitrogens is 2. The molecular weight excluding hydrogens is 390 g/mol. The highest BCUT2D eigenvalue weighted by Gasteiger charge is 2.48. The molecule has 0 aromatic carbocycles. The van der Waals surface area contributed by atoms with Crippen LogP contribution >= 0.6 is 8.53 Å². The predicted octanol–water partition coefficient (Wildman–Crippen LogP) is 2.07. The van der Waals surface area contributed by atoms with E-state index in [0.29, 0.717) is 6.42 Å². The first-order chi connectivity index (χ1) is 13.3. The molecule has 0 aliphatic carbocycles. The Balaban J connectivity index is 2.22. The lowest BCUT2D eigenvalue weighted by molar-refractivity contribution is -0.0271. The minimum Gasteiger partial charge on any atom is -0.349 e. The highest BCUT2D eigenvalue weighted by atomic mass is 31.2. The molecule has 0 saturated carbocycles. The largest absolute Gasteiger partial charge is 0.349 e. The van der Waals surface area contributed by atoms with Crippen LogP contribution in [0.15, 0.2) is 21.9 Å². The standard InChI is InChI=1S/C17H26FN4O5P/c1-6-12-15(27-28(21(5)11(2)3)25-10-8-19-4)14(18)16(26-12)22-9-7-13(23)20-17(22)24/h7,9,11-12,14-16H,6,8,10H2,1-3,5H3,(H,20,23,24). The minimum absolute atomic E-state index is 0.0807. The highest BCUT2D eigenvalue weighted by molar-refractivity contribution is 7.44. The average molecular weight is 416 g/mol. The third-order valence-corrected chi connectivity index (χ3v) is 6.22. The van der Waals surface area contributed by atoms with Crippen molar-refractivity contribution in [2.45, 2.75) is 57.8 Å². The van der Waals surface area contributed by atoms with Gasteiger partial charge in [0.25, 0.3) is 14.1 Å². The number of nitrogens with zero attached hydrogens (tertiary/aromatic N) is 3. The summed E-state index contributed by atoms with van der Waals surface area (Å²) < 4.78 is 35.6. The van der Waals surface area contributed by atoms with Crippen LogP contribution in [0, 0.1) is 6.57 Å².